The minimum atomic E-state index is -0.186. The van der Waals surface area contributed by atoms with Crippen molar-refractivity contribution >= 4 is 23.3 Å². The Hall–Kier alpha value is -3.06. The van der Waals surface area contributed by atoms with Crippen LogP contribution in [0, 0.1) is 0 Å². The number of aromatic nitrogens is 1. The molecule has 0 bridgehead atoms. The summed E-state index contributed by atoms with van der Waals surface area (Å²) in [5.41, 5.74) is 1.44. The molecule has 1 aromatic carbocycles. The maximum Gasteiger partial charge on any atom is 0.244 e. The number of rotatable bonds is 7. The van der Waals surface area contributed by atoms with Crippen LogP contribution in [-0.4, -0.2) is 25.3 Å². The molecule has 0 atom stereocenters. The molecule has 2 aromatic heterocycles. The van der Waals surface area contributed by atoms with Crippen molar-refractivity contribution in [3.63, 3.8) is 0 Å². The van der Waals surface area contributed by atoms with Gasteiger partial charge in [-0.05, 0) is 35.7 Å². The van der Waals surface area contributed by atoms with Gasteiger partial charge in [0.05, 0.1) is 20.8 Å². The fraction of sp³-hybridized carbons (Fsp3) is 0.158. The maximum absolute atomic E-state index is 11.9. The lowest BCUT2D eigenvalue weighted by atomic mass is 10.1. The first-order chi connectivity index (χ1) is 12.7. The van der Waals surface area contributed by atoms with E-state index in [-0.39, 0.29) is 12.5 Å². The molecule has 0 unspecified atom stereocenters. The normalized spacial score (nSPS) is 10.8. The molecule has 0 aliphatic carbocycles. The number of methoxy groups -OCH3 is 2. The second kappa shape index (κ2) is 8.35. The van der Waals surface area contributed by atoms with Gasteiger partial charge in [-0.15, -0.1) is 11.3 Å². The maximum atomic E-state index is 11.9. The van der Waals surface area contributed by atoms with E-state index in [1.807, 2.05) is 29.6 Å². The largest absolute Gasteiger partial charge is 0.493 e. The highest BCUT2D eigenvalue weighted by Crippen LogP contribution is 2.32. The summed E-state index contributed by atoms with van der Waals surface area (Å²) < 4.78 is 15.9. The fourth-order valence-electron chi connectivity index (χ4n) is 2.30. The molecule has 0 fully saturated rings. The third-order valence-corrected chi connectivity index (χ3v) is 4.45. The Labute approximate surface area is 155 Å². The zero-order valence-electron chi connectivity index (χ0n) is 14.4. The van der Waals surface area contributed by atoms with Crippen LogP contribution in [-0.2, 0) is 11.3 Å². The first-order valence-corrected chi connectivity index (χ1v) is 8.75. The standard InChI is InChI=1S/C19H18N2O4S/c1-23-16-7-5-13(10-18(16)24-2)17-11-14(21-25-17)12-20-19(22)8-6-15-4-3-9-26-15/h3-11H,12H2,1-2H3,(H,20,22)/b8-6+. The lowest BCUT2D eigenvalue weighted by Crippen LogP contribution is -2.20. The highest BCUT2D eigenvalue weighted by Gasteiger charge is 2.11. The molecule has 1 N–H and O–H groups in total. The van der Waals surface area contributed by atoms with Crippen LogP contribution in [0.5, 0.6) is 11.5 Å². The summed E-state index contributed by atoms with van der Waals surface area (Å²) in [6.45, 7) is 0.282. The zero-order valence-corrected chi connectivity index (χ0v) is 15.2. The Kier molecular flexibility index (Phi) is 5.70. The lowest BCUT2D eigenvalue weighted by molar-refractivity contribution is -0.116. The van der Waals surface area contributed by atoms with Gasteiger partial charge < -0.3 is 19.3 Å². The van der Waals surface area contributed by atoms with Crippen molar-refractivity contribution in [2.45, 2.75) is 6.54 Å². The molecule has 0 saturated carbocycles. The van der Waals surface area contributed by atoms with Crippen molar-refractivity contribution in [1.29, 1.82) is 0 Å². The van der Waals surface area contributed by atoms with Gasteiger partial charge in [0, 0.05) is 22.6 Å². The Morgan fingerprint density at radius 2 is 2.08 bits per heavy atom. The summed E-state index contributed by atoms with van der Waals surface area (Å²) in [5, 5.41) is 8.73. The number of hydrogen-bond acceptors (Lipinski definition) is 6. The molecular weight excluding hydrogens is 352 g/mol. The molecular formula is C19H18N2O4S. The second-order valence-corrected chi connectivity index (χ2v) is 6.30. The van der Waals surface area contributed by atoms with Crippen LogP contribution in [0.15, 0.2) is 52.4 Å². The minimum absolute atomic E-state index is 0.186. The summed E-state index contributed by atoms with van der Waals surface area (Å²) in [7, 11) is 3.16. The molecule has 0 aliphatic heterocycles. The SMILES string of the molecule is COc1ccc(-c2cc(CNC(=O)/C=C/c3cccs3)no2)cc1OC. The molecule has 0 aliphatic rings. The molecule has 0 radical (unpaired) electrons. The molecule has 0 saturated heterocycles. The van der Waals surface area contributed by atoms with Crippen molar-refractivity contribution < 1.29 is 18.8 Å². The average molecular weight is 370 g/mol. The van der Waals surface area contributed by atoms with Gasteiger partial charge in [0.1, 0.15) is 5.69 Å². The van der Waals surface area contributed by atoms with Crippen LogP contribution >= 0.6 is 11.3 Å². The van der Waals surface area contributed by atoms with Crippen LogP contribution in [0.25, 0.3) is 17.4 Å². The van der Waals surface area contributed by atoms with Gasteiger partial charge in [-0.2, -0.15) is 0 Å². The third-order valence-electron chi connectivity index (χ3n) is 3.61. The first-order valence-electron chi connectivity index (χ1n) is 7.87. The number of amides is 1. The Morgan fingerprint density at radius 3 is 2.81 bits per heavy atom. The number of carbonyl (C=O) groups excluding carboxylic acids is 1. The number of benzene rings is 1. The van der Waals surface area contributed by atoms with Crippen molar-refractivity contribution in [2.75, 3.05) is 14.2 Å². The van der Waals surface area contributed by atoms with E-state index in [1.165, 1.54) is 6.08 Å². The molecule has 6 nitrogen and oxygen atoms in total. The number of nitrogens with zero attached hydrogens (tertiary/aromatic N) is 1. The predicted molar refractivity (Wildman–Crippen MR) is 100 cm³/mol. The van der Waals surface area contributed by atoms with Crippen molar-refractivity contribution in [3.8, 4) is 22.8 Å². The van der Waals surface area contributed by atoms with Crippen molar-refractivity contribution in [2.24, 2.45) is 0 Å². The van der Waals surface area contributed by atoms with Crippen LogP contribution in [0.4, 0.5) is 0 Å². The highest BCUT2D eigenvalue weighted by molar-refractivity contribution is 7.10. The van der Waals surface area contributed by atoms with E-state index in [9.17, 15) is 4.79 Å². The van der Waals surface area contributed by atoms with Crippen LogP contribution in [0.3, 0.4) is 0 Å². The van der Waals surface area contributed by atoms with Crippen LogP contribution in [0.2, 0.25) is 0 Å². The quantitative estimate of drug-likeness (QED) is 0.641. The van der Waals surface area contributed by atoms with Gasteiger partial charge in [-0.1, -0.05) is 11.2 Å². The number of thiophene rings is 1. The minimum Gasteiger partial charge on any atom is -0.493 e. The number of ether oxygens (including phenoxy) is 2. The van der Waals surface area contributed by atoms with Gasteiger partial charge in [0.2, 0.25) is 5.91 Å². The van der Waals surface area contributed by atoms with E-state index in [4.69, 9.17) is 14.0 Å². The van der Waals surface area contributed by atoms with E-state index >= 15 is 0 Å². The Morgan fingerprint density at radius 1 is 1.23 bits per heavy atom. The summed E-state index contributed by atoms with van der Waals surface area (Å²) in [6, 6.07) is 11.1. The molecule has 134 valence electrons. The predicted octanol–water partition coefficient (Wildman–Crippen LogP) is 3.75. The summed E-state index contributed by atoms with van der Waals surface area (Å²) >= 11 is 1.57. The van der Waals surface area contributed by atoms with Gasteiger partial charge in [-0.3, -0.25) is 4.79 Å². The van der Waals surface area contributed by atoms with Gasteiger partial charge in [0.25, 0.3) is 0 Å². The number of nitrogens with one attached hydrogen (secondary N) is 1. The fourth-order valence-corrected chi connectivity index (χ4v) is 2.92. The number of carbonyl (C=O) groups is 1. The van der Waals surface area contributed by atoms with E-state index in [2.05, 4.69) is 10.5 Å². The topological polar surface area (TPSA) is 73.6 Å². The highest BCUT2D eigenvalue weighted by atomic mass is 32.1. The Bertz CT molecular complexity index is 900. The summed E-state index contributed by atoms with van der Waals surface area (Å²) in [5.74, 6) is 1.65. The summed E-state index contributed by atoms with van der Waals surface area (Å²) in [4.78, 5) is 12.9. The van der Waals surface area contributed by atoms with Crippen molar-refractivity contribution in [1.82, 2.24) is 10.5 Å². The van der Waals surface area contributed by atoms with Gasteiger partial charge >= 0.3 is 0 Å². The molecule has 7 heteroatoms. The third kappa shape index (κ3) is 4.31. The molecule has 26 heavy (non-hydrogen) atoms. The number of hydrogen-bond donors (Lipinski definition) is 1. The monoisotopic (exact) mass is 370 g/mol. The van der Waals surface area contributed by atoms with E-state index in [0.29, 0.717) is 23.0 Å². The second-order valence-electron chi connectivity index (χ2n) is 5.32. The zero-order chi connectivity index (χ0) is 18.4. The van der Waals surface area contributed by atoms with E-state index in [1.54, 1.807) is 43.8 Å². The molecule has 2 heterocycles. The smallest absolute Gasteiger partial charge is 0.244 e. The molecule has 0 spiro atoms. The lowest BCUT2D eigenvalue weighted by Gasteiger charge is -2.07. The van der Waals surface area contributed by atoms with Gasteiger partial charge in [-0.25, -0.2) is 0 Å². The van der Waals surface area contributed by atoms with Crippen molar-refractivity contribution in [3.05, 3.63) is 58.4 Å². The van der Waals surface area contributed by atoms with Crippen LogP contribution in [0.1, 0.15) is 10.6 Å². The molecule has 3 rings (SSSR count). The Balaban J connectivity index is 1.62. The molecule has 1 amide bonds. The first kappa shape index (κ1) is 17.8. The molecule has 3 aromatic rings. The van der Waals surface area contributed by atoms with Gasteiger partial charge in [0.15, 0.2) is 17.3 Å². The van der Waals surface area contributed by atoms with Crippen LogP contribution < -0.4 is 14.8 Å². The average Bonchev–Trinajstić information content (AvgIpc) is 3.36. The van der Waals surface area contributed by atoms with E-state index in [0.717, 1.165) is 10.4 Å². The summed E-state index contributed by atoms with van der Waals surface area (Å²) in [6.07, 6.45) is 3.28. The van der Waals surface area contributed by atoms with E-state index < -0.39 is 0 Å².